The largest absolute Gasteiger partial charge is 0.480 e. The van der Waals surface area contributed by atoms with Gasteiger partial charge >= 0.3 is 5.97 Å². The summed E-state index contributed by atoms with van der Waals surface area (Å²) in [7, 11) is 0. The Morgan fingerprint density at radius 1 is 1.26 bits per heavy atom. The SMILES string of the molecule is O=C(O)C1CNCCN1C(=O)c1cc(Br)cc(Br)c1. The molecule has 0 bridgehead atoms. The number of nitrogens with one attached hydrogen (secondary N) is 1. The molecule has 1 saturated heterocycles. The van der Waals surface area contributed by atoms with Gasteiger partial charge in [0.05, 0.1) is 0 Å². The van der Waals surface area contributed by atoms with Gasteiger partial charge in [-0.1, -0.05) is 31.9 Å². The second-order valence-corrected chi connectivity index (χ2v) is 6.05. The average Bonchev–Trinajstić information content (AvgIpc) is 2.36. The third-order valence-corrected chi connectivity index (χ3v) is 3.81. The monoisotopic (exact) mass is 390 g/mol. The Balaban J connectivity index is 2.28. The first-order valence-corrected chi connectivity index (χ1v) is 7.28. The molecule has 1 aliphatic rings. The Hall–Kier alpha value is -0.920. The third kappa shape index (κ3) is 3.34. The maximum Gasteiger partial charge on any atom is 0.327 e. The van der Waals surface area contributed by atoms with Crippen molar-refractivity contribution >= 4 is 43.7 Å². The van der Waals surface area contributed by atoms with E-state index < -0.39 is 12.0 Å². The van der Waals surface area contributed by atoms with Crippen LogP contribution >= 0.6 is 31.9 Å². The number of benzene rings is 1. The Kier molecular flexibility index (Phi) is 4.59. The van der Waals surface area contributed by atoms with Gasteiger partial charge in [-0.3, -0.25) is 4.79 Å². The topological polar surface area (TPSA) is 69.6 Å². The number of amides is 1. The first kappa shape index (κ1) is 14.5. The van der Waals surface area contributed by atoms with Gasteiger partial charge in [0.2, 0.25) is 0 Å². The van der Waals surface area contributed by atoms with Crippen molar-refractivity contribution in [2.75, 3.05) is 19.6 Å². The number of halogens is 2. The Morgan fingerprint density at radius 3 is 2.47 bits per heavy atom. The highest BCUT2D eigenvalue weighted by molar-refractivity contribution is 9.11. The third-order valence-electron chi connectivity index (χ3n) is 2.90. The molecule has 2 rings (SSSR count). The van der Waals surface area contributed by atoms with Gasteiger partial charge in [-0.15, -0.1) is 0 Å². The van der Waals surface area contributed by atoms with E-state index in [0.717, 1.165) is 8.95 Å². The molecule has 1 unspecified atom stereocenters. The summed E-state index contributed by atoms with van der Waals surface area (Å²) in [6.07, 6.45) is 0. The molecule has 0 spiro atoms. The molecule has 1 aromatic rings. The van der Waals surface area contributed by atoms with Crippen LogP contribution in [0.25, 0.3) is 0 Å². The second-order valence-electron chi connectivity index (χ2n) is 4.21. The lowest BCUT2D eigenvalue weighted by Gasteiger charge is -2.33. The highest BCUT2D eigenvalue weighted by Crippen LogP contribution is 2.22. The standard InChI is InChI=1S/C12H12Br2N2O3/c13-8-3-7(4-9(14)5-8)11(17)16-2-1-15-6-10(16)12(18)19/h3-5,10,15H,1-2,6H2,(H,18,19). The summed E-state index contributed by atoms with van der Waals surface area (Å²) < 4.78 is 1.54. The number of carboxylic acid groups (broad SMARTS) is 1. The van der Waals surface area contributed by atoms with E-state index in [1.807, 2.05) is 6.07 Å². The van der Waals surface area contributed by atoms with Crippen LogP contribution in [0, 0.1) is 0 Å². The van der Waals surface area contributed by atoms with E-state index in [2.05, 4.69) is 37.2 Å². The molecule has 1 aliphatic heterocycles. The lowest BCUT2D eigenvalue weighted by molar-refractivity contribution is -0.142. The summed E-state index contributed by atoms with van der Waals surface area (Å²) in [5, 5.41) is 12.1. The number of carbonyl (C=O) groups is 2. The number of hydrogen-bond acceptors (Lipinski definition) is 3. The van der Waals surface area contributed by atoms with Gasteiger partial charge in [0, 0.05) is 34.1 Å². The molecule has 5 nitrogen and oxygen atoms in total. The minimum Gasteiger partial charge on any atom is -0.480 e. The van der Waals surface area contributed by atoms with Gasteiger partial charge in [-0.25, -0.2) is 4.79 Å². The quantitative estimate of drug-likeness (QED) is 0.805. The molecular formula is C12H12Br2N2O3. The smallest absolute Gasteiger partial charge is 0.327 e. The predicted octanol–water partition coefficient (Wildman–Crippen LogP) is 1.71. The van der Waals surface area contributed by atoms with Gasteiger partial charge in [0.25, 0.3) is 5.91 Å². The van der Waals surface area contributed by atoms with Gasteiger partial charge in [-0.05, 0) is 18.2 Å². The van der Waals surface area contributed by atoms with E-state index in [-0.39, 0.29) is 12.5 Å². The predicted molar refractivity (Wildman–Crippen MR) is 77.2 cm³/mol. The second kappa shape index (κ2) is 6.02. The van der Waals surface area contributed by atoms with E-state index in [9.17, 15) is 9.59 Å². The molecule has 0 aliphatic carbocycles. The Morgan fingerprint density at radius 2 is 1.89 bits per heavy atom. The summed E-state index contributed by atoms with van der Waals surface area (Å²) in [5.74, 6) is -1.26. The normalized spacial score (nSPS) is 19.3. The van der Waals surface area contributed by atoms with Crippen molar-refractivity contribution in [3.05, 3.63) is 32.7 Å². The van der Waals surface area contributed by atoms with Crippen LogP contribution in [0.3, 0.4) is 0 Å². The number of hydrogen-bond donors (Lipinski definition) is 2. The van der Waals surface area contributed by atoms with Crippen LogP contribution in [0.4, 0.5) is 0 Å². The fraction of sp³-hybridized carbons (Fsp3) is 0.333. The molecule has 0 aromatic heterocycles. The van der Waals surface area contributed by atoms with Crippen LogP contribution in [0.1, 0.15) is 10.4 Å². The van der Waals surface area contributed by atoms with Crippen LogP contribution in [-0.4, -0.2) is 47.6 Å². The maximum atomic E-state index is 12.4. The summed E-state index contributed by atoms with van der Waals surface area (Å²) in [5.41, 5.74) is 0.467. The molecule has 1 heterocycles. The molecule has 102 valence electrons. The van der Waals surface area contributed by atoms with E-state index in [4.69, 9.17) is 5.11 Å². The Labute approximate surface area is 127 Å². The van der Waals surface area contributed by atoms with Gasteiger partial charge in [0.15, 0.2) is 0 Å². The molecule has 1 fully saturated rings. The first-order valence-electron chi connectivity index (χ1n) is 5.69. The summed E-state index contributed by atoms with van der Waals surface area (Å²) in [6, 6.07) is 4.38. The molecule has 19 heavy (non-hydrogen) atoms. The number of piperazine rings is 1. The van der Waals surface area contributed by atoms with Crippen molar-refractivity contribution in [3.63, 3.8) is 0 Å². The van der Waals surface area contributed by atoms with Crippen molar-refractivity contribution < 1.29 is 14.7 Å². The number of aliphatic carboxylic acids is 1. The first-order chi connectivity index (χ1) is 8.99. The van der Waals surface area contributed by atoms with E-state index in [1.165, 1.54) is 4.90 Å². The average molecular weight is 392 g/mol. The minimum atomic E-state index is -0.991. The Bertz CT molecular complexity index is 501. The van der Waals surface area contributed by atoms with Crippen molar-refractivity contribution in [1.29, 1.82) is 0 Å². The molecular weight excluding hydrogens is 380 g/mol. The van der Waals surface area contributed by atoms with Crippen LogP contribution in [0.15, 0.2) is 27.1 Å². The molecule has 0 saturated carbocycles. The fourth-order valence-electron chi connectivity index (χ4n) is 2.01. The van der Waals surface area contributed by atoms with Crippen molar-refractivity contribution in [3.8, 4) is 0 Å². The fourth-order valence-corrected chi connectivity index (χ4v) is 3.30. The van der Waals surface area contributed by atoms with Crippen molar-refractivity contribution in [2.24, 2.45) is 0 Å². The lowest BCUT2D eigenvalue weighted by Crippen LogP contribution is -2.56. The van der Waals surface area contributed by atoms with Crippen molar-refractivity contribution in [2.45, 2.75) is 6.04 Å². The zero-order valence-corrected chi connectivity index (χ0v) is 13.1. The highest BCUT2D eigenvalue weighted by atomic mass is 79.9. The van der Waals surface area contributed by atoms with Crippen molar-refractivity contribution in [1.82, 2.24) is 10.2 Å². The summed E-state index contributed by atoms with van der Waals surface area (Å²) in [4.78, 5) is 25.0. The molecule has 1 amide bonds. The maximum absolute atomic E-state index is 12.4. The van der Waals surface area contributed by atoms with Crippen LogP contribution < -0.4 is 5.32 Å². The van der Waals surface area contributed by atoms with Crippen LogP contribution in [0.5, 0.6) is 0 Å². The van der Waals surface area contributed by atoms with E-state index in [0.29, 0.717) is 18.7 Å². The molecule has 1 aromatic carbocycles. The number of nitrogens with zero attached hydrogens (tertiary/aromatic N) is 1. The zero-order chi connectivity index (χ0) is 14.0. The highest BCUT2D eigenvalue weighted by Gasteiger charge is 2.32. The van der Waals surface area contributed by atoms with Crippen LogP contribution in [-0.2, 0) is 4.79 Å². The zero-order valence-electron chi connectivity index (χ0n) is 9.90. The lowest BCUT2D eigenvalue weighted by atomic mass is 10.1. The molecule has 2 N–H and O–H groups in total. The number of carboxylic acids is 1. The van der Waals surface area contributed by atoms with Gasteiger partial charge in [0.1, 0.15) is 6.04 Å². The minimum absolute atomic E-state index is 0.268. The van der Waals surface area contributed by atoms with Gasteiger partial charge < -0.3 is 15.3 Å². The molecule has 7 heteroatoms. The number of carbonyl (C=O) groups excluding carboxylic acids is 1. The van der Waals surface area contributed by atoms with E-state index in [1.54, 1.807) is 12.1 Å². The van der Waals surface area contributed by atoms with Gasteiger partial charge in [-0.2, -0.15) is 0 Å². The number of rotatable bonds is 2. The van der Waals surface area contributed by atoms with E-state index >= 15 is 0 Å². The molecule has 1 atom stereocenters. The summed E-state index contributed by atoms with van der Waals surface area (Å²) >= 11 is 6.64. The van der Waals surface area contributed by atoms with Crippen LogP contribution in [0.2, 0.25) is 0 Å². The summed E-state index contributed by atoms with van der Waals surface area (Å²) in [6.45, 7) is 1.26. The molecule has 0 radical (unpaired) electrons.